The van der Waals surface area contributed by atoms with Crippen LogP contribution in [0.15, 0.2) is 54.6 Å². The molecule has 2 aromatic carbocycles. The molecule has 0 radical (unpaired) electrons. The summed E-state index contributed by atoms with van der Waals surface area (Å²) >= 11 is 5.75. The van der Waals surface area contributed by atoms with Gasteiger partial charge >= 0.3 is 5.97 Å². The van der Waals surface area contributed by atoms with Gasteiger partial charge in [-0.05, 0) is 42.7 Å². The standard InChI is InChI=1S/C24H19ClN2O7/c1-13-4-2-7-17-21(13)23(30)26(22(17)29)16-6-3-5-15(10-16)24(31)34-12-20(28)14-8-9-18(25)19(11-14)27(32)33/h2-6,8-11,13,17,21H,7,12H2,1H3/t13-,17+,21-/m1/s1. The number of halogens is 1. The van der Waals surface area contributed by atoms with Gasteiger partial charge in [-0.3, -0.25) is 29.4 Å². The molecule has 1 fully saturated rings. The van der Waals surface area contributed by atoms with Crippen LogP contribution in [0.2, 0.25) is 5.02 Å². The van der Waals surface area contributed by atoms with Gasteiger partial charge in [-0.25, -0.2) is 4.79 Å². The number of rotatable bonds is 6. The Bertz CT molecular complexity index is 1260. The van der Waals surface area contributed by atoms with E-state index in [1.165, 1.54) is 30.3 Å². The molecule has 3 atom stereocenters. The molecular formula is C24H19ClN2O7. The zero-order valence-electron chi connectivity index (χ0n) is 18.0. The third-order valence-electron chi connectivity index (χ3n) is 6.01. The molecule has 34 heavy (non-hydrogen) atoms. The van der Waals surface area contributed by atoms with E-state index in [9.17, 15) is 29.3 Å². The lowest BCUT2D eigenvalue weighted by atomic mass is 9.78. The number of amides is 2. The maximum Gasteiger partial charge on any atom is 0.338 e. The number of ketones is 1. The first-order chi connectivity index (χ1) is 16.2. The SMILES string of the molecule is C[C@@H]1C=CC[C@@H]2C(=O)N(c3cccc(C(=O)OCC(=O)c4ccc(Cl)c([N+](=O)[O-])c4)c3)C(=O)[C@H]12. The van der Waals surface area contributed by atoms with E-state index in [-0.39, 0.29) is 39.6 Å². The summed E-state index contributed by atoms with van der Waals surface area (Å²) in [5.41, 5.74) is -0.160. The Labute approximate surface area is 199 Å². The number of ether oxygens (including phenoxy) is 1. The Balaban J connectivity index is 1.47. The summed E-state index contributed by atoms with van der Waals surface area (Å²) in [6.07, 6.45) is 4.32. The lowest BCUT2D eigenvalue weighted by Gasteiger charge is -2.22. The average molecular weight is 483 g/mol. The first-order valence-electron chi connectivity index (χ1n) is 10.5. The molecular weight excluding hydrogens is 464 g/mol. The Kier molecular flexibility index (Phi) is 6.30. The van der Waals surface area contributed by atoms with Gasteiger partial charge in [0, 0.05) is 11.6 Å². The molecule has 0 saturated carbocycles. The second-order valence-corrected chi connectivity index (χ2v) is 8.55. The van der Waals surface area contributed by atoms with Crippen molar-refractivity contribution in [2.75, 3.05) is 11.5 Å². The van der Waals surface area contributed by atoms with E-state index in [0.717, 1.165) is 11.0 Å². The highest BCUT2D eigenvalue weighted by Crippen LogP contribution is 2.40. The summed E-state index contributed by atoms with van der Waals surface area (Å²) in [6, 6.07) is 9.40. The van der Waals surface area contributed by atoms with Crippen molar-refractivity contribution in [3.05, 3.63) is 80.9 Å². The molecule has 1 aliphatic heterocycles. The molecule has 0 spiro atoms. The van der Waals surface area contributed by atoms with Crippen LogP contribution in [0.4, 0.5) is 11.4 Å². The average Bonchev–Trinajstić information content (AvgIpc) is 3.08. The Morgan fingerprint density at radius 1 is 1.15 bits per heavy atom. The van der Waals surface area contributed by atoms with E-state index in [2.05, 4.69) is 0 Å². The third kappa shape index (κ3) is 4.22. The third-order valence-corrected chi connectivity index (χ3v) is 6.33. The molecule has 0 aromatic heterocycles. The minimum absolute atomic E-state index is 0.0313. The summed E-state index contributed by atoms with van der Waals surface area (Å²) < 4.78 is 5.07. The van der Waals surface area contributed by atoms with E-state index in [1.807, 2.05) is 19.1 Å². The zero-order valence-corrected chi connectivity index (χ0v) is 18.7. The molecule has 174 valence electrons. The maximum absolute atomic E-state index is 13.0. The van der Waals surface area contributed by atoms with Crippen molar-refractivity contribution in [1.29, 1.82) is 0 Å². The minimum Gasteiger partial charge on any atom is -0.454 e. The molecule has 1 heterocycles. The Morgan fingerprint density at radius 3 is 2.62 bits per heavy atom. The minimum atomic E-state index is -0.842. The van der Waals surface area contributed by atoms with Gasteiger partial charge in [-0.1, -0.05) is 36.7 Å². The van der Waals surface area contributed by atoms with Crippen LogP contribution in [0.25, 0.3) is 0 Å². The predicted molar refractivity (Wildman–Crippen MR) is 122 cm³/mol. The number of hydrogen-bond donors (Lipinski definition) is 0. The van der Waals surface area contributed by atoms with Crippen LogP contribution in [0.3, 0.4) is 0 Å². The highest BCUT2D eigenvalue weighted by molar-refractivity contribution is 6.32. The lowest BCUT2D eigenvalue weighted by Crippen LogP contribution is -2.31. The highest BCUT2D eigenvalue weighted by Gasteiger charge is 2.50. The quantitative estimate of drug-likeness (QED) is 0.152. The number of nitro benzene ring substituents is 1. The zero-order chi connectivity index (χ0) is 24.6. The molecule has 2 aliphatic rings. The molecule has 1 saturated heterocycles. The van der Waals surface area contributed by atoms with Crippen LogP contribution >= 0.6 is 11.6 Å². The van der Waals surface area contributed by atoms with E-state index in [0.29, 0.717) is 6.42 Å². The van der Waals surface area contributed by atoms with Crippen LogP contribution < -0.4 is 4.90 Å². The fraction of sp³-hybridized carbons (Fsp3) is 0.250. The number of Topliss-reactive ketones (excluding diaryl/α,β-unsaturated/α-hetero) is 1. The van der Waals surface area contributed by atoms with Gasteiger partial charge < -0.3 is 4.74 Å². The first-order valence-corrected chi connectivity index (χ1v) is 10.9. The summed E-state index contributed by atoms with van der Waals surface area (Å²) in [7, 11) is 0. The van der Waals surface area contributed by atoms with Crippen LogP contribution in [0.5, 0.6) is 0 Å². The van der Waals surface area contributed by atoms with E-state index in [4.69, 9.17) is 16.3 Å². The number of imide groups is 1. The monoisotopic (exact) mass is 482 g/mol. The molecule has 10 heteroatoms. The fourth-order valence-electron chi connectivity index (χ4n) is 4.30. The van der Waals surface area contributed by atoms with Gasteiger partial charge in [-0.2, -0.15) is 0 Å². The molecule has 0 N–H and O–H groups in total. The van der Waals surface area contributed by atoms with Crippen molar-refractivity contribution < 1.29 is 28.8 Å². The van der Waals surface area contributed by atoms with Gasteiger partial charge in [0.2, 0.25) is 17.6 Å². The lowest BCUT2D eigenvalue weighted by molar-refractivity contribution is -0.384. The van der Waals surface area contributed by atoms with Crippen molar-refractivity contribution in [1.82, 2.24) is 0 Å². The van der Waals surface area contributed by atoms with Crippen LogP contribution in [-0.4, -0.2) is 35.1 Å². The molecule has 1 aliphatic carbocycles. The first kappa shape index (κ1) is 23.3. The normalized spacial score (nSPS) is 21.4. The van der Waals surface area contributed by atoms with Gasteiger partial charge in [0.05, 0.1) is 28.0 Å². The van der Waals surface area contributed by atoms with Gasteiger partial charge in [0.15, 0.2) is 6.61 Å². The summed E-state index contributed by atoms with van der Waals surface area (Å²) in [6.45, 7) is 1.23. The molecule has 9 nitrogen and oxygen atoms in total. The van der Waals surface area contributed by atoms with Crippen molar-refractivity contribution in [2.45, 2.75) is 13.3 Å². The number of benzene rings is 2. The molecule has 2 aromatic rings. The predicted octanol–water partition coefficient (Wildman–Crippen LogP) is 3.99. The fourth-order valence-corrected chi connectivity index (χ4v) is 4.48. The number of nitro groups is 1. The van der Waals surface area contributed by atoms with E-state index >= 15 is 0 Å². The number of allylic oxidation sites excluding steroid dienone is 2. The number of esters is 1. The second-order valence-electron chi connectivity index (χ2n) is 8.14. The van der Waals surface area contributed by atoms with Crippen molar-refractivity contribution >= 4 is 46.5 Å². The van der Waals surface area contributed by atoms with Crippen molar-refractivity contribution in [3.8, 4) is 0 Å². The second kappa shape index (κ2) is 9.18. The smallest absolute Gasteiger partial charge is 0.338 e. The Morgan fingerprint density at radius 2 is 1.91 bits per heavy atom. The molecule has 2 amide bonds. The van der Waals surface area contributed by atoms with Gasteiger partial charge in [-0.15, -0.1) is 0 Å². The number of anilines is 1. The van der Waals surface area contributed by atoms with Crippen molar-refractivity contribution in [2.24, 2.45) is 17.8 Å². The summed E-state index contributed by atoms with van der Waals surface area (Å²) in [5, 5.41) is 10.9. The van der Waals surface area contributed by atoms with Crippen LogP contribution in [0.1, 0.15) is 34.1 Å². The van der Waals surface area contributed by atoms with Crippen LogP contribution in [0, 0.1) is 27.9 Å². The van der Waals surface area contributed by atoms with E-state index in [1.54, 1.807) is 6.07 Å². The van der Waals surface area contributed by atoms with Crippen LogP contribution in [-0.2, 0) is 14.3 Å². The molecule has 4 rings (SSSR count). The number of carbonyl (C=O) groups is 4. The maximum atomic E-state index is 13.0. The number of nitrogens with zero attached hydrogens (tertiary/aromatic N) is 2. The number of fused-ring (bicyclic) bond motifs is 1. The van der Waals surface area contributed by atoms with Crippen molar-refractivity contribution in [3.63, 3.8) is 0 Å². The number of hydrogen-bond acceptors (Lipinski definition) is 7. The topological polar surface area (TPSA) is 124 Å². The summed E-state index contributed by atoms with van der Waals surface area (Å²) in [4.78, 5) is 62.2. The summed E-state index contributed by atoms with van der Waals surface area (Å²) in [5.74, 6) is -3.04. The van der Waals surface area contributed by atoms with E-state index < -0.39 is 40.8 Å². The highest BCUT2D eigenvalue weighted by atomic mass is 35.5. The largest absolute Gasteiger partial charge is 0.454 e. The van der Waals surface area contributed by atoms with Gasteiger partial charge in [0.25, 0.3) is 5.69 Å². The number of carbonyl (C=O) groups excluding carboxylic acids is 4. The molecule has 0 unspecified atom stereocenters. The Hall–Kier alpha value is -3.85. The van der Waals surface area contributed by atoms with Gasteiger partial charge in [0.1, 0.15) is 5.02 Å². The molecule has 0 bridgehead atoms.